The number of unbranched alkanes of at least 4 members (excludes halogenated alkanes) is 13. The van der Waals surface area contributed by atoms with E-state index in [9.17, 15) is 4.79 Å². The van der Waals surface area contributed by atoms with Gasteiger partial charge in [-0.05, 0) is 13.3 Å². The third-order valence-electron chi connectivity index (χ3n) is 4.62. The fraction of sp³-hybridized carbons (Fsp3) is 0.850. The molecule has 0 aliphatic heterocycles. The van der Waals surface area contributed by atoms with Crippen LogP contribution >= 0.6 is 0 Å². The van der Waals surface area contributed by atoms with E-state index in [-0.39, 0.29) is 11.4 Å². The maximum absolute atomic E-state index is 11.7. The minimum atomic E-state index is -0.516. The van der Waals surface area contributed by atoms with Gasteiger partial charge in [0.15, 0.2) is 5.71 Å². The Kier molecular flexibility index (Phi) is 17.1. The molecule has 0 fully saturated rings. The van der Waals surface area contributed by atoms with Crippen molar-refractivity contribution in [2.24, 2.45) is 10.3 Å². The Morgan fingerprint density at radius 3 is 1.54 bits per heavy atom. The minimum Gasteiger partial charge on any atom is -0.411 e. The number of carbonyl (C=O) groups is 1. The largest absolute Gasteiger partial charge is 0.411 e. The van der Waals surface area contributed by atoms with Crippen molar-refractivity contribution in [3.63, 3.8) is 0 Å². The zero-order valence-electron chi connectivity index (χ0n) is 16.8. The first-order valence-corrected chi connectivity index (χ1v) is 10.4. The molecule has 0 bridgehead atoms. The Morgan fingerprint density at radius 1 is 0.731 bits per heavy atom. The molecular weight excluding hydrogens is 330 g/mol. The van der Waals surface area contributed by atoms with Gasteiger partial charge in [-0.1, -0.05) is 101 Å². The van der Waals surface area contributed by atoms with Crippen LogP contribution in [0.1, 0.15) is 104 Å². The standard InChI is InChI=1S/C20H39N3O3/c1-3-4-5-6-7-8-9-10-11-12-13-14-15-16-17-21-20(24)19(23-26)18(2)22-25/h25-26H,3-17H2,1-2H3,(H,21,24)/b22-18-,23-19+. The van der Waals surface area contributed by atoms with Gasteiger partial charge >= 0.3 is 0 Å². The summed E-state index contributed by atoms with van der Waals surface area (Å²) >= 11 is 0. The molecule has 0 spiro atoms. The highest BCUT2D eigenvalue weighted by atomic mass is 16.4. The smallest absolute Gasteiger partial charge is 0.275 e. The zero-order valence-corrected chi connectivity index (χ0v) is 16.8. The topological polar surface area (TPSA) is 94.3 Å². The van der Waals surface area contributed by atoms with Crippen molar-refractivity contribution in [3.05, 3.63) is 0 Å². The Hall–Kier alpha value is -1.59. The average molecular weight is 370 g/mol. The van der Waals surface area contributed by atoms with Crippen molar-refractivity contribution in [3.8, 4) is 0 Å². The molecule has 6 heteroatoms. The van der Waals surface area contributed by atoms with Crippen LogP contribution in [0.15, 0.2) is 10.3 Å². The summed E-state index contributed by atoms with van der Waals surface area (Å²) in [6.07, 6.45) is 18.1. The van der Waals surface area contributed by atoms with Gasteiger partial charge in [-0.15, -0.1) is 0 Å². The molecular formula is C20H39N3O3. The number of hydrogen-bond donors (Lipinski definition) is 3. The number of carbonyl (C=O) groups excluding carboxylic acids is 1. The maximum Gasteiger partial charge on any atom is 0.275 e. The van der Waals surface area contributed by atoms with Crippen molar-refractivity contribution in [1.29, 1.82) is 0 Å². The third kappa shape index (κ3) is 13.7. The number of nitrogens with one attached hydrogen (secondary N) is 1. The molecule has 0 radical (unpaired) electrons. The van der Waals surface area contributed by atoms with Crippen LogP contribution in [-0.2, 0) is 4.79 Å². The molecule has 0 aromatic rings. The van der Waals surface area contributed by atoms with Crippen molar-refractivity contribution in [2.75, 3.05) is 6.54 Å². The van der Waals surface area contributed by atoms with E-state index in [0.29, 0.717) is 6.54 Å². The number of rotatable bonds is 17. The predicted octanol–water partition coefficient (Wildman–Crippen LogP) is 5.26. The van der Waals surface area contributed by atoms with Gasteiger partial charge in [-0.25, -0.2) is 0 Å². The van der Waals surface area contributed by atoms with Gasteiger partial charge in [-0.3, -0.25) is 4.79 Å². The SMILES string of the molecule is CCCCCCCCCCCCCCCCNC(=O)C(=N/O)/C(C)=N\O. The third-order valence-corrected chi connectivity index (χ3v) is 4.62. The van der Waals surface area contributed by atoms with Crippen molar-refractivity contribution >= 4 is 17.3 Å². The summed E-state index contributed by atoms with van der Waals surface area (Å²) in [5.74, 6) is -0.516. The second kappa shape index (κ2) is 18.2. The number of oxime groups is 2. The maximum atomic E-state index is 11.7. The van der Waals surface area contributed by atoms with Gasteiger partial charge in [0, 0.05) is 6.54 Å². The van der Waals surface area contributed by atoms with E-state index >= 15 is 0 Å². The van der Waals surface area contributed by atoms with E-state index in [0.717, 1.165) is 12.8 Å². The molecule has 0 unspecified atom stereocenters. The first kappa shape index (κ1) is 24.4. The zero-order chi connectivity index (χ0) is 19.5. The fourth-order valence-electron chi connectivity index (χ4n) is 2.93. The predicted molar refractivity (Wildman–Crippen MR) is 107 cm³/mol. The van der Waals surface area contributed by atoms with E-state index in [1.165, 1.54) is 84.0 Å². The van der Waals surface area contributed by atoms with Crippen molar-refractivity contribution in [2.45, 2.75) is 104 Å². The average Bonchev–Trinajstić information content (AvgIpc) is 2.65. The highest BCUT2D eigenvalue weighted by molar-refractivity contribution is 6.66. The fourth-order valence-corrected chi connectivity index (χ4v) is 2.93. The lowest BCUT2D eigenvalue weighted by Gasteiger charge is -2.06. The quantitative estimate of drug-likeness (QED) is 0.141. The van der Waals surface area contributed by atoms with Gasteiger partial charge in [0.2, 0.25) is 0 Å². The summed E-state index contributed by atoms with van der Waals surface area (Å²) < 4.78 is 0. The first-order valence-electron chi connectivity index (χ1n) is 10.4. The Bertz CT molecular complexity index is 409. The molecule has 0 atom stereocenters. The molecule has 0 aromatic carbocycles. The van der Waals surface area contributed by atoms with E-state index < -0.39 is 5.91 Å². The Balaban J connectivity index is 3.38. The second-order valence-corrected chi connectivity index (χ2v) is 6.99. The highest BCUT2D eigenvalue weighted by Gasteiger charge is 2.15. The van der Waals surface area contributed by atoms with Crippen LogP contribution in [0.2, 0.25) is 0 Å². The molecule has 3 N–H and O–H groups in total. The van der Waals surface area contributed by atoms with Crippen LogP contribution in [0.4, 0.5) is 0 Å². The summed E-state index contributed by atoms with van der Waals surface area (Å²) in [5, 5.41) is 25.8. The summed E-state index contributed by atoms with van der Waals surface area (Å²) in [7, 11) is 0. The Morgan fingerprint density at radius 2 is 1.15 bits per heavy atom. The summed E-state index contributed by atoms with van der Waals surface area (Å²) in [5.41, 5.74) is -0.260. The summed E-state index contributed by atoms with van der Waals surface area (Å²) in [6.45, 7) is 4.20. The molecule has 6 nitrogen and oxygen atoms in total. The molecule has 0 aromatic heterocycles. The van der Waals surface area contributed by atoms with Gasteiger partial charge in [0.05, 0.1) is 0 Å². The molecule has 0 heterocycles. The summed E-state index contributed by atoms with van der Waals surface area (Å²) in [4.78, 5) is 11.7. The molecule has 0 aliphatic carbocycles. The van der Waals surface area contributed by atoms with Crippen LogP contribution in [0.25, 0.3) is 0 Å². The minimum absolute atomic E-state index is 0.00837. The van der Waals surface area contributed by atoms with Gasteiger partial charge < -0.3 is 15.7 Å². The number of nitrogens with zero attached hydrogens (tertiary/aromatic N) is 2. The van der Waals surface area contributed by atoms with Crippen LogP contribution < -0.4 is 5.32 Å². The molecule has 152 valence electrons. The summed E-state index contributed by atoms with van der Waals surface area (Å²) in [6, 6.07) is 0. The molecule has 0 aliphatic rings. The van der Waals surface area contributed by atoms with Crippen LogP contribution in [0.5, 0.6) is 0 Å². The normalized spacial score (nSPS) is 12.4. The van der Waals surface area contributed by atoms with Gasteiger partial charge in [-0.2, -0.15) is 0 Å². The molecule has 0 saturated heterocycles. The number of amides is 1. The lowest BCUT2D eigenvalue weighted by molar-refractivity contribution is -0.114. The molecule has 1 amide bonds. The molecule has 0 rings (SSSR count). The second-order valence-electron chi connectivity index (χ2n) is 6.99. The van der Waals surface area contributed by atoms with E-state index in [1.54, 1.807) is 0 Å². The van der Waals surface area contributed by atoms with Gasteiger partial charge in [0.25, 0.3) is 5.91 Å². The van der Waals surface area contributed by atoms with Crippen molar-refractivity contribution in [1.82, 2.24) is 5.32 Å². The van der Waals surface area contributed by atoms with Crippen LogP contribution in [0.3, 0.4) is 0 Å². The molecule has 26 heavy (non-hydrogen) atoms. The highest BCUT2D eigenvalue weighted by Crippen LogP contribution is 2.12. The lowest BCUT2D eigenvalue weighted by atomic mass is 10.0. The Labute approximate surface area is 159 Å². The lowest BCUT2D eigenvalue weighted by Crippen LogP contribution is -2.35. The number of hydrogen-bond acceptors (Lipinski definition) is 5. The van der Waals surface area contributed by atoms with E-state index in [1.807, 2.05) is 0 Å². The monoisotopic (exact) mass is 369 g/mol. The first-order chi connectivity index (χ1) is 12.7. The van der Waals surface area contributed by atoms with Gasteiger partial charge in [0.1, 0.15) is 5.71 Å². The van der Waals surface area contributed by atoms with E-state index in [2.05, 4.69) is 22.6 Å². The van der Waals surface area contributed by atoms with Crippen LogP contribution in [-0.4, -0.2) is 34.3 Å². The van der Waals surface area contributed by atoms with Crippen LogP contribution in [0, 0.1) is 0 Å². The van der Waals surface area contributed by atoms with Crippen molar-refractivity contribution < 1.29 is 15.2 Å². The van der Waals surface area contributed by atoms with E-state index in [4.69, 9.17) is 10.4 Å². The molecule has 0 saturated carbocycles.